The predicted molar refractivity (Wildman–Crippen MR) is 11.6 cm³/mol. The molecule has 0 radical (unpaired) electrons. The number of hydrogen-bond acceptors (Lipinski definition) is 3. The number of hydrogen-bond donors (Lipinski definition) is 0. The van der Waals surface area contributed by atoms with Crippen molar-refractivity contribution in [1.29, 1.82) is 0 Å². The molecule has 0 aliphatic rings. The van der Waals surface area contributed by atoms with E-state index in [1.807, 2.05) is 0 Å². The second-order valence-corrected chi connectivity index (χ2v) is 0. The van der Waals surface area contributed by atoms with Crippen LogP contribution in [0.15, 0.2) is 0 Å². The molecule has 0 fully saturated rings. The van der Waals surface area contributed by atoms with Crippen LogP contribution in [0.3, 0.4) is 0 Å². The molecule has 3 N–H and O–H groups in total. The molecule has 5 heteroatoms. The van der Waals surface area contributed by atoms with Gasteiger partial charge in [-0.3, -0.25) is 0 Å². The minimum atomic E-state index is 0. The second-order valence-electron chi connectivity index (χ2n) is 0. The Balaban J connectivity index is 0. The molecule has 0 unspecified atom stereocenters. The van der Waals surface area contributed by atoms with Crippen LogP contribution in [0.2, 0.25) is 0 Å². The quantitative estimate of drug-likeness (QED) is 0.535. The van der Waals surface area contributed by atoms with E-state index in [0.29, 0.717) is 0 Å². The standard InChI is InChI=1S/Al.3H2O.Pt/h;3*1H2;/q+3;;;;/p-3. The Morgan fingerprint density at radius 3 is 0.600 bits per heavy atom. The molecule has 0 aliphatic heterocycles. The van der Waals surface area contributed by atoms with Gasteiger partial charge in [-0.1, -0.05) is 0 Å². The fourth-order valence-electron chi connectivity index (χ4n) is 0. The average Bonchev–Trinajstić information content (AvgIpc) is 0. The molecule has 0 aromatic heterocycles. The molecule has 0 spiro atoms. The molecular formula is H3AlO3Pt. The third-order valence-corrected chi connectivity index (χ3v) is 0. The van der Waals surface area contributed by atoms with E-state index in [2.05, 4.69) is 0 Å². The first-order valence-electron chi connectivity index (χ1n) is 0. The third kappa shape index (κ3) is 40.5. The normalized spacial score (nSPS) is 0. The van der Waals surface area contributed by atoms with E-state index < -0.39 is 0 Å². The minimum Gasteiger partial charge on any atom is -0.870 e. The summed E-state index contributed by atoms with van der Waals surface area (Å²) >= 11 is 0. The van der Waals surface area contributed by atoms with Gasteiger partial charge in [0.25, 0.3) is 0 Å². The smallest absolute Gasteiger partial charge is 0.870 e. The van der Waals surface area contributed by atoms with E-state index in [1.165, 1.54) is 0 Å². The van der Waals surface area contributed by atoms with Gasteiger partial charge in [0.2, 0.25) is 0 Å². The van der Waals surface area contributed by atoms with Gasteiger partial charge in [0, 0.05) is 21.1 Å². The molecule has 0 saturated carbocycles. The first-order valence-corrected chi connectivity index (χ1v) is 0. The zero-order valence-corrected chi connectivity index (χ0v) is 5.66. The first-order chi connectivity index (χ1) is 0. The Bertz CT molecular complexity index is 6.85. The van der Waals surface area contributed by atoms with Crippen molar-refractivity contribution in [3.8, 4) is 0 Å². The number of rotatable bonds is 0. The molecule has 34 valence electrons. The van der Waals surface area contributed by atoms with Crippen molar-refractivity contribution in [3.05, 3.63) is 0 Å². The summed E-state index contributed by atoms with van der Waals surface area (Å²) in [5.74, 6) is 0. The second kappa shape index (κ2) is 70.8. The van der Waals surface area contributed by atoms with Crippen molar-refractivity contribution in [2.75, 3.05) is 0 Å². The Morgan fingerprint density at radius 2 is 0.600 bits per heavy atom. The van der Waals surface area contributed by atoms with E-state index in [4.69, 9.17) is 0 Å². The third-order valence-electron chi connectivity index (χ3n) is 0. The van der Waals surface area contributed by atoms with E-state index >= 15 is 0 Å². The zero-order chi connectivity index (χ0) is 0. The van der Waals surface area contributed by atoms with Gasteiger partial charge in [0.15, 0.2) is 0 Å². The summed E-state index contributed by atoms with van der Waals surface area (Å²) in [6, 6.07) is 0. The minimum absolute atomic E-state index is 0. The van der Waals surface area contributed by atoms with Crippen LogP contribution in [-0.4, -0.2) is 33.8 Å². The largest absolute Gasteiger partial charge is 3.00 e. The average molecular weight is 273 g/mol. The van der Waals surface area contributed by atoms with Crippen molar-refractivity contribution in [2.24, 2.45) is 0 Å². The Morgan fingerprint density at radius 1 is 0.600 bits per heavy atom. The van der Waals surface area contributed by atoms with Crippen molar-refractivity contribution in [2.45, 2.75) is 0 Å². The van der Waals surface area contributed by atoms with Crippen LogP contribution in [0.25, 0.3) is 0 Å². The van der Waals surface area contributed by atoms with Crippen molar-refractivity contribution in [3.63, 3.8) is 0 Å². The molecule has 0 heterocycles. The van der Waals surface area contributed by atoms with Crippen LogP contribution >= 0.6 is 0 Å². The summed E-state index contributed by atoms with van der Waals surface area (Å²) in [5.41, 5.74) is 0. The van der Waals surface area contributed by atoms with Crippen LogP contribution in [0.4, 0.5) is 0 Å². The molecule has 0 aromatic rings. The molecule has 3 nitrogen and oxygen atoms in total. The molecule has 0 aliphatic carbocycles. The SMILES string of the molecule is [Al+3].[OH-].[OH-].[OH-].[Pt]. The molecular weight excluding hydrogens is 270 g/mol. The van der Waals surface area contributed by atoms with Gasteiger partial charge in [-0.25, -0.2) is 0 Å². The van der Waals surface area contributed by atoms with Gasteiger partial charge in [0.1, 0.15) is 0 Å². The fourth-order valence-corrected chi connectivity index (χ4v) is 0. The van der Waals surface area contributed by atoms with Crippen LogP contribution in [0.1, 0.15) is 0 Å². The summed E-state index contributed by atoms with van der Waals surface area (Å²) in [6.07, 6.45) is 0. The van der Waals surface area contributed by atoms with Crippen LogP contribution in [0.5, 0.6) is 0 Å². The van der Waals surface area contributed by atoms with E-state index in [-0.39, 0.29) is 54.9 Å². The summed E-state index contributed by atoms with van der Waals surface area (Å²) in [4.78, 5) is 0. The maximum Gasteiger partial charge on any atom is 3.00 e. The summed E-state index contributed by atoms with van der Waals surface area (Å²) < 4.78 is 0. The molecule has 0 bridgehead atoms. The van der Waals surface area contributed by atoms with Gasteiger partial charge in [-0.2, -0.15) is 0 Å². The fraction of sp³-hybridized carbons (Fsp3) is 0. The Hall–Kier alpha value is 1.10. The first kappa shape index (κ1) is 131. The Labute approximate surface area is 55.1 Å². The predicted octanol–water partition coefficient (Wildman–Crippen LogP) is -0.914. The molecule has 5 heavy (non-hydrogen) atoms. The van der Waals surface area contributed by atoms with Crippen molar-refractivity contribution >= 4 is 17.4 Å². The molecule has 0 amide bonds. The van der Waals surface area contributed by atoms with E-state index in [9.17, 15) is 0 Å². The molecule has 0 rings (SSSR count). The molecule has 0 saturated heterocycles. The zero-order valence-electron chi connectivity index (χ0n) is 2.24. The topological polar surface area (TPSA) is 90.0 Å². The summed E-state index contributed by atoms with van der Waals surface area (Å²) in [6.45, 7) is 0. The van der Waals surface area contributed by atoms with Crippen LogP contribution in [-0.2, 0) is 21.1 Å². The van der Waals surface area contributed by atoms with Gasteiger partial charge in [0.05, 0.1) is 0 Å². The van der Waals surface area contributed by atoms with E-state index in [1.54, 1.807) is 0 Å². The Kier molecular flexibility index (Phi) is 1850. The van der Waals surface area contributed by atoms with Gasteiger partial charge in [-0.05, 0) is 0 Å². The van der Waals surface area contributed by atoms with Gasteiger partial charge in [-0.15, -0.1) is 0 Å². The maximum absolute atomic E-state index is 0. The molecule has 0 atom stereocenters. The van der Waals surface area contributed by atoms with E-state index in [0.717, 1.165) is 0 Å². The molecule has 0 aromatic carbocycles. The van der Waals surface area contributed by atoms with Crippen molar-refractivity contribution in [1.82, 2.24) is 0 Å². The summed E-state index contributed by atoms with van der Waals surface area (Å²) in [7, 11) is 0. The maximum atomic E-state index is 0. The van der Waals surface area contributed by atoms with Crippen molar-refractivity contribution < 1.29 is 37.5 Å². The van der Waals surface area contributed by atoms with Gasteiger partial charge >= 0.3 is 17.4 Å². The van der Waals surface area contributed by atoms with Gasteiger partial charge < -0.3 is 16.4 Å². The summed E-state index contributed by atoms with van der Waals surface area (Å²) in [5, 5.41) is 0. The van der Waals surface area contributed by atoms with Crippen LogP contribution in [0, 0.1) is 0 Å². The monoisotopic (exact) mass is 273 g/mol. The van der Waals surface area contributed by atoms with Crippen LogP contribution < -0.4 is 0 Å².